The number of amides is 1. The van der Waals surface area contributed by atoms with Gasteiger partial charge in [-0.1, -0.05) is 29.8 Å². The van der Waals surface area contributed by atoms with Gasteiger partial charge in [-0.3, -0.25) is 4.79 Å². The molecule has 1 heterocycles. The van der Waals surface area contributed by atoms with Crippen molar-refractivity contribution in [1.29, 1.82) is 0 Å². The number of rotatable bonds is 7. The lowest BCUT2D eigenvalue weighted by Gasteiger charge is -2.07. The molecule has 0 aliphatic rings. The van der Waals surface area contributed by atoms with Gasteiger partial charge in [-0.2, -0.15) is 5.10 Å². The monoisotopic (exact) mass is 399 g/mol. The highest BCUT2D eigenvalue weighted by Gasteiger charge is 2.15. The minimum Gasteiger partial charge on any atom is -0.323 e. The van der Waals surface area contributed by atoms with E-state index in [1.165, 1.54) is 0 Å². The molecule has 140 valence electrons. The van der Waals surface area contributed by atoms with Gasteiger partial charge in [0, 0.05) is 16.3 Å². The molecule has 3 aromatic rings. The second-order valence-corrected chi connectivity index (χ2v) is 7.85. The minimum absolute atomic E-state index is 0.0190. The molecule has 0 saturated carbocycles. The van der Waals surface area contributed by atoms with Gasteiger partial charge in [0.2, 0.25) is 5.91 Å². The molecule has 0 unspecified atom stereocenters. The molecule has 27 heavy (non-hydrogen) atoms. The van der Waals surface area contributed by atoms with Crippen LogP contribution < -0.4 is 5.32 Å². The van der Waals surface area contributed by atoms with Crippen molar-refractivity contribution >= 4 is 35.0 Å². The standard InChI is InChI=1S/C21H22ClN3OS/c1-15-21(16(2)25(24-15)18-7-4-3-5-8-18)23-20(26)9-6-14-27-19-12-10-17(22)11-13-19/h3-5,7-8,10-13H,6,9,14H2,1-2H3,(H,23,26). The van der Waals surface area contributed by atoms with Crippen molar-refractivity contribution in [2.75, 3.05) is 11.1 Å². The summed E-state index contributed by atoms with van der Waals surface area (Å²) < 4.78 is 1.86. The second-order valence-electron chi connectivity index (χ2n) is 6.25. The van der Waals surface area contributed by atoms with E-state index in [1.54, 1.807) is 11.8 Å². The van der Waals surface area contributed by atoms with Gasteiger partial charge in [-0.05, 0) is 62.4 Å². The maximum Gasteiger partial charge on any atom is 0.224 e. The van der Waals surface area contributed by atoms with E-state index in [0.29, 0.717) is 6.42 Å². The number of aryl methyl sites for hydroxylation is 1. The largest absolute Gasteiger partial charge is 0.323 e. The van der Waals surface area contributed by atoms with Crippen LogP contribution in [0.25, 0.3) is 5.69 Å². The molecule has 0 atom stereocenters. The van der Waals surface area contributed by atoms with Crippen LogP contribution in [0, 0.1) is 13.8 Å². The number of aromatic nitrogens is 2. The van der Waals surface area contributed by atoms with Crippen LogP contribution in [0.4, 0.5) is 5.69 Å². The summed E-state index contributed by atoms with van der Waals surface area (Å²) in [5, 5.41) is 8.33. The third kappa shape index (κ3) is 5.15. The SMILES string of the molecule is Cc1nn(-c2ccccc2)c(C)c1NC(=O)CCCSc1ccc(Cl)cc1. The molecule has 1 aromatic heterocycles. The molecule has 0 spiro atoms. The lowest BCUT2D eigenvalue weighted by molar-refractivity contribution is -0.116. The van der Waals surface area contributed by atoms with E-state index in [0.717, 1.165) is 44.9 Å². The lowest BCUT2D eigenvalue weighted by atomic mass is 10.2. The van der Waals surface area contributed by atoms with Gasteiger partial charge < -0.3 is 5.32 Å². The number of carbonyl (C=O) groups is 1. The number of anilines is 1. The van der Waals surface area contributed by atoms with Crippen LogP contribution >= 0.6 is 23.4 Å². The Kier molecular flexibility index (Phi) is 6.58. The first-order chi connectivity index (χ1) is 13.0. The Morgan fingerprint density at radius 2 is 1.81 bits per heavy atom. The fourth-order valence-electron chi connectivity index (χ4n) is 2.80. The Morgan fingerprint density at radius 3 is 2.52 bits per heavy atom. The summed E-state index contributed by atoms with van der Waals surface area (Å²) >= 11 is 7.62. The molecule has 0 saturated heterocycles. The zero-order valence-corrected chi connectivity index (χ0v) is 17.0. The molecule has 0 aliphatic heterocycles. The first-order valence-corrected chi connectivity index (χ1v) is 10.2. The van der Waals surface area contributed by atoms with Crippen LogP contribution in [0.3, 0.4) is 0 Å². The quantitative estimate of drug-likeness (QED) is 0.412. The molecular formula is C21H22ClN3OS. The second kappa shape index (κ2) is 9.11. The number of halogens is 1. The summed E-state index contributed by atoms with van der Waals surface area (Å²) in [6.07, 6.45) is 1.29. The number of thioether (sulfide) groups is 1. The van der Waals surface area contributed by atoms with Crippen molar-refractivity contribution in [2.45, 2.75) is 31.6 Å². The molecule has 1 amide bonds. The summed E-state index contributed by atoms with van der Waals surface area (Å²) in [6, 6.07) is 17.7. The van der Waals surface area contributed by atoms with Crippen molar-refractivity contribution in [3.8, 4) is 5.69 Å². The highest BCUT2D eigenvalue weighted by atomic mass is 35.5. The summed E-state index contributed by atoms with van der Waals surface area (Å²) in [5.74, 6) is 0.904. The van der Waals surface area contributed by atoms with E-state index in [2.05, 4.69) is 10.4 Å². The van der Waals surface area contributed by atoms with Gasteiger partial charge in [-0.15, -0.1) is 11.8 Å². The van der Waals surface area contributed by atoms with Gasteiger partial charge >= 0.3 is 0 Å². The number of hydrogen-bond donors (Lipinski definition) is 1. The Morgan fingerprint density at radius 1 is 1.11 bits per heavy atom. The smallest absolute Gasteiger partial charge is 0.224 e. The first-order valence-electron chi connectivity index (χ1n) is 8.84. The summed E-state index contributed by atoms with van der Waals surface area (Å²) in [5.41, 5.74) is 3.54. The van der Waals surface area contributed by atoms with Crippen molar-refractivity contribution in [2.24, 2.45) is 0 Å². The van der Waals surface area contributed by atoms with Crippen LogP contribution in [0.2, 0.25) is 5.02 Å². The van der Waals surface area contributed by atoms with Crippen molar-refractivity contribution in [3.63, 3.8) is 0 Å². The third-order valence-corrected chi connectivity index (χ3v) is 5.54. The molecule has 0 bridgehead atoms. The summed E-state index contributed by atoms with van der Waals surface area (Å²) in [4.78, 5) is 13.5. The average molecular weight is 400 g/mol. The molecule has 2 aromatic carbocycles. The molecular weight excluding hydrogens is 378 g/mol. The zero-order valence-electron chi connectivity index (χ0n) is 15.4. The maximum absolute atomic E-state index is 12.3. The normalized spacial score (nSPS) is 10.8. The number of nitrogens with one attached hydrogen (secondary N) is 1. The van der Waals surface area contributed by atoms with E-state index in [4.69, 9.17) is 11.6 Å². The van der Waals surface area contributed by atoms with Crippen molar-refractivity contribution in [1.82, 2.24) is 9.78 Å². The molecule has 0 aliphatic carbocycles. The first kappa shape index (κ1) is 19.5. The molecule has 1 N–H and O–H groups in total. The van der Waals surface area contributed by atoms with Crippen molar-refractivity contribution in [3.05, 3.63) is 71.0 Å². The van der Waals surface area contributed by atoms with E-state index in [-0.39, 0.29) is 5.91 Å². The zero-order chi connectivity index (χ0) is 19.2. The molecule has 0 radical (unpaired) electrons. The maximum atomic E-state index is 12.3. The van der Waals surface area contributed by atoms with Gasteiger partial charge in [0.1, 0.15) is 0 Å². The van der Waals surface area contributed by atoms with Gasteiger partial charge in [-0.25, -0.2) is 4.68 Å². The number of nitrogens with zero attached hydrogens (tertiary/aromatic N) is 2. The van der Waals surface area contributed by atoms with Crippen molar-refractivity contribution < 1.29 is 4.79 Å². The van der Waals surface area contributed by atoms with Crippen LogP contribution in [-0.4, -0.2) is 21.4 Å². The topological polar surface area (TPSA) is 46.9 Å². The molecule has 6 heteroatoms. The molecule has 0 fully saturated rings. The van der Waals surface area contributed by atoms with Crippen LogP contribution in [0.5, 0.6) is 0 Å². The fourth-order valence-corrected chi connectivity index (χ4v) is 3.78. The fraction of sp³-hybridized carbons (Fsp3) is 0.238. The predicted octanol–water partition coefficient (Wildman–Crippen LogP) is 5.65. The third-order valence-electron chi connectivity index (χ3n) is 4.19. The van der Waals surface area contributed by atoms with E-state index >= 15 is 0 Å². The highest BCUT2D eigenvalue weighted by Crippen LogP contribution is 2.24. The van der Waals surface area contributed by atoms with Gasteiger partial charge in [0.25, 0.3) is 0 Å². The van der Waals surface area contributed by atoms with Crippen LogP contribution in [0.1, 0.15) is 24.2 Å². The number of hydrogen-bond acceptors (Lipinski definition) is 3. The highest BCUT2D eigenvalue weighted by molar-refractivity contribution is 7.99. The van der Waals surface area contributed by atoms with Crippen LogP contribution in [-0.2, 0) is 4.79 Å². The predicted molar refractivity (Wildman–Crippen MR) is 113 cm³/mol. The summed E-state index contributed by atoms with van der Waals surface area (Å²) in [7, 11) is 0. The van der Waals surface area contributed by atoms with Crippen LogP contribution in [0.15, 0.2) is 59.5 Å². The van der Waals surface area contributed by atoms with Gasteiger partial charge in [0.15, 0.2) is 0 Å². The Balaban J connectivity index is 1.53. The Hall–Kier alpha value is -2.24. The van der Waals surface area contributed by atoms with E-state index < -0.39 is 0 Å². The number of benzene rings is 2. The molecule has 4 nitrogen and oxygen atoms in total. The minimum atomic E-state index is 0.0190. The number of carbonyl (C=O) groups excluding carboxylic acids is 1. The van der Waals surface area contributed by atoms with E-state index in [1.807, 2.05) is 73.1 Å². The van der Waals surface area contributed by atoms with E-state index in [9.17, 15) is 4.79 Å². The summed E-state index contributed by atoms with van der Waals surface area (Å²) in [6.45, 7) is 3.89. The lowest BCUT2D eigenvalue weighted by Crippen LogP contribution is -2.13. The van der Waals surface area contributed by atoms with Gasteiger partial charge in [0.05, 0.1) is 22.8 Å². The Bertz CT molecular complexity index is 907. The number of para-hydroxylation sites is 1. The Labute approximate surface area is 168 Å². The average Bonchev–Trinajstić information content (AvgIpc) is 2.95. The molecule has 3 rings (SSSR count).